The van der Waals surface area contributed by atoms with E-state index in [9.17, 15) is 0 Å². The van der Waals surface area contributed by atoms with Gasteiger partial charge >= 0.3 is 0 Å². The molecular formula is C21H22N4S2. The van der Waals surface area contributed by atoms with Gasteiger partial charge in [0.05, 0.1) is 18.0 Å². The molecule has 0 amide bonds. The monoisotopic (exact) mass is 394 g/mol. The smallest absolute Gasteiger partial charge is 0.0991 e. The summed E-state index contributed by atoms with van der Waals surface area (Å²) in [6.45, 7) is 1.72. The normalized spacial score (nSPS) is 10.7. The van der Waals surface area contributed by atoms with Crippen LogP contribution in [-0.2, 0) is 13.0 Å². The molecule has 1 N–H and O–H groups in total. The summed E-state index contributed by atoms with van der Waals surface area (Å²) in [6, 6.07) is 18.5. The Morgan fingerprint density at radius 2 is 1.81 bits per heavy atom. The maximum atomic E-state index is 8.89. The van der Waals surface area contributed by atoms with E-state index in [4.69, 9.17) is 5.26 Å². The number of hydrogen-bond donors (Lipinski definition) is 1. The number of aryl methyl sites for hydroxylation is 1. The number of rotatable bonds is 9. The molecule has 0 unspecified atom stereocenters. The number of hydrogen-bond acceptors (Lipinski definition) is 5. The molecule has 27 heavy (non-hydrogen) atoms. The Hall–Kier alpha value is -2.20. The van der Waals surface area contributed by atoms with Gasteiger partial charge in [-0.05, 0) is 73.0 Å². The lowest BCUT2D eigenvalue weighted by Gasteiger charge is -2.09. The number of nitrogens with zero attached hydrogens (tertiary/aromatic N) is 3. The molecule has 3 aromatic rings. The van der Waals surface area contributed by atoms with Crippen molar-refractivity contribution in [3.63, 3.8) is 0 Å². The Morgan fingerprint density at radius 3 is 2.52 bits per heavy atom. The largest absolute Gasteiger partial charge is 0.330 e. The summed E-state index contributed by atoms with van der Waals surface area (Å²) in [5, 5.41) is 8.89. The highest BCUT2D eigenvalue weighted by atomic mass is 32.2. The topological polar surface area (TPSA) is 53.6 Å². The zero-order valence-electron chi connectivity index (χ0n) is 15.3. The summed E-state index contributed by atoms with van der Waals surface area (Å²) in [6.07, 6.45) is 7.94. The van der Waals surface area contributed by atoms with Gasteiger partial charge in [-0.1, -0.05) is 12.1 Å². The summed E-state index contributed by atoms with van der Waals surface area (Å²) in [5.74, 6) is 0. The van der Waals surface area contributed by atoms with E-state index in [0.29, 0.717) is 5.56 Å². The van der Waals surface area contributed by atoms with Gasteiger partial charge in [0.15, 0.2) is 0 Å². The Morgan fingerprint density at radius 1 is 1.07 bits per heavy atom. The first-order valence-electron chi connectivity index (χ1n) is 8.80. The van der Waals surface area contributed by atoms with Crippen LogP contribution >= 0.6 is 23.7 Å². The van der Waals surface area contributed by atoms with E-state index in [1.807, 2.05) is 36.8 Å². The molecule has 0 radical (unpaired) electrons. The highest BCUT2D eigenvalue weighted by Gasteiger charge is 2.04. The number of aromatic nitrogens is 2. The lowest BCUT2D eigenvalue weighted by atomic mass is 10.1. The third kappa shape index (κ3) is 5.90. The highest BCUT2D eigenvalue weighted by molar-refractivity contribution is 7.98. The standard InChI is InChI=1S/C21H22N4S2/c1-26-20-8-10-21(11-9-20)27-24-12-2-3-19-14-23-16-25(19)15-18-6-4-17(13-22)5-7-18/h4-11,14,16,24H,2-3,12,15H2,1H3. The molecule has 2 aromatic carbocycles. The number of benzene rings is 2. The average Bonchev–Trinajstić information content (AvgIpc) is 3.15. The van der Waals surface area contributed by atoms with Crippen LogP contribution in [0.1, 0.15) is 23.2 Å². The summed E-state index contributed by atoms with van der Waals surface area (Å²) < 4.78 is 5.61. The van der Waals surface area contributed by atoms with Crippen LogP contribution in [0.15, 0.2) is 70.8 Å². The molecule has 0 saturated carbocycles. The van der Waals surface area contributed by atoms with Gasteiger partial charge in [-0.2, -0.15) is 5.26 Å². The van der Waals surface area contributed by atoms with E-state index < -0.39 is 0 Å². The van der Waals surface area contributed by atoms with Gasteiger partial charge in [0.2, 0.25) is 0 Å². The Kier molecular flexibility index (Phi) is 7.40. The molecule has 0 atom stereocenters. The SMILES string of the molecule is CSc1ccc(SNCCCc2cncn2Cc2ccc(C#N)cc2)cc1. The zero-order valence-corrected chi connectivity index (χ0v) is 16.9. The van der Waals surface area contributed by atoms with Gasteiger partial charge in [-0.3, -0.25) is 4.72 Å². The van der Waals surface area contributed by atoms with Crippen molar-refractivity contribution in [2.24, 2.45) is 0 Å². The van der Waals surface area contributed by atoms with Crippen LogP contribution in [0.25, 0.3) is 0 Å². The third-order valence-corrected chi connectivity index (χ3v) is 5.80. The van der Waals surface area contributed by atoms with Crippen LogP contribution in [0.3, 0.4) is 0 Å². The minimum atomic E-state index is 0.691. The first-order valence-corrected chi connectivity index (χ1v) is 10.8. The Labute approximate surface area is 169 Å². The fraction of sp³-hybridized carbons (Fsp3) is 0.238. The Balaban J connectivity index is 1.43. The first-order chi connectivity index (χ1) is 13.3. The van der Waals surface area contributed by atoms with Crippen molar-refractivity contribution >= 4 is 23.7 Å². The van der Waals surface area contributed by atoms with Crippen LogP contribution < -0.4 is 4.72 Å². The average molecular weight is 395 g/mol. The van der Waals surface area contributed by atoms with Crippen molar-refractivity contribution in [1.82, 2.24) is 14.3 Å². The number of thioether (sulfide) groups is 1. The molecule has 0 aliphatic rings. The fourth-order valence-corrected chi connectivity index (χ4v) is 3.79. The maximum Gasteiger partial charge on any atom is 0.0991 e. The second-order valence-corrected chi connectivity index (χ2v) is 7.94. The zero-order chi connectivity index (χ0) is 18.9. The maximum absolute atomic E-state index is 8.89. The minimum Gasteiger partial charge on any atom is -0.330 e. The summed E-state index contributed by atoms with van der Waals surface area (Å²) in [7, 11) is 0. The lowest BCUT2D eigenvalue weighted by molar-refractivity contribution is 0.699. The predicted molar refractivity (Wildman–Crippen MR) is 113 cm³/mol. The molecule has 1 aromatic heterocycles. The second kappa shape index (κ2) is 10.2. The van der Waals surface area contributed by atoms with E-state index in [0.717, 1.165) is 25.9 Å². The minimum absolute atomic E-state index is 0.691. The van der Waals surface area contributed by atoms with Crippen LogP contribution in [0.5, 0.6) is 0 Å². The molecule has 4 nitrogen and oxygen atoms in total. The van der Waals surface area contributed by atoms with Gasteiger partial charge in [0.25, 0.3) is 0 Å². The van der Waals surface area contributed by atoms with Crippen molar-refractivity contribution < 1.29 is 0 Å². The van der Waals surface area contributed by atoms with Crippen LogP contribution in [0.4, 0.5) is 0 Å². The van der Waals surface area contributed by atoms with Crippen molar-refractivity contribution in [3.8, 4) is 6.07 Å². The van der Waals surface area contributed by atoms with E-state index in [1.54, 1.807) is 23.7 Å². The summed E-state index contributed by atoms with van der Waals surface area (Å²) >= 11 is 3.44. The summed E-state index contributed by atoms with van der Waals surface area (Å²) in [5.41, 5.74) is 3.10. The molecule has 138 valence electrons. The number of nitrogens with one attached hydrogen (secondary N) is 1. The van der Waals surface area contributed by atoms with Gasteiger partial charge in [0, 0.05) is 34.8 Å². The van der Waals surface area contributed by atoms with E-state index in [1.165, 1.54) is 21.0 Å². The predicted octanol–water partition coefficient (Wildman–Crippen LogP) is 4.75. The van der Waals surface area contributed by atoms with Crippen LogP contribution in [-0.4, -0.2) is 22.4 Å². The fourth-order valence-electron chi connectivity index (χ4n) is 2.70. The molecule has 0 spiro atoms. The van der Waals surface area contributed by atoms with Crippen molar-refractivity contribution in [2.75, 3.05) is 12.8 Å². The van der Waals surface area contributed by atoms with Gasteiger partial charge < -0.3 is 4.57 Å². The van der Waals surface area contributed by atoms with Crippen LogP contribution in [0, 0.1) is 11.3 Å². The van der Waals surface area contributed by atoms with Crippen molar-refractivity contribution in [2.45, 2.75) is 29.2 Å². The first kappa shape index (κ1) is 19.6. The van der Waals surface area contributed by atoms with Gasteiger partial charge in [-0.15, -0.1) is 11.8 Å². The molecule has 0 aliphatic heterocycles. The molecule has 3 rings (SSSR count). The molecule has 6 heteroatoms. The third-order valence-electron chi connectivity index (χ3n) is 4.20. The van der Waals surface area contributed by atoms with E-state index >= 15 is 0 Å². The number of imidazole rings is 1. The van der Waals surface area contributed by atoms with E-state index in [2.05, 4.69) is 50.9 Å². The van der Waals surface area contributed by atoms with Gasteiger partial charge in [0.1, 0.15) is 0 Å². The van der Waals surface area contributed by atoms with Crippen LogP contribution in [0.2, 0.25) is 0 Å². The molecule has 1 heterocycles. The number of nitriles is 1. The molecule has 0 aliphatic carbocycles. The molecule has 0 bridgehead atoms. The molecule has 0 fully saturated rings. The Bertz CT molecular complexity index is 880. The second-order valence-electron chi connectivity index (χ2n) is 6.10. The van der Waals surface area contributed by atoms with E-state index in [-0.39, 0.29) is 0 Å². The lowest BCUT2D eigenvalue weighted by Crippen LogP contribution is -2.09. The summed E-state index contributed by atoms with van der Waals surface area (Å²) in [4.78, 5) is 6.82. The molecular weight excluding hydrogens is 372 g/mol. The highest BCUT2D eigenvalue weighted by Crippen LogP contribution is 2.20. The van der Waals surface area contributed by atoms with Crippen molar-refractivity contribution in [1.29, 1.82) is 5.26 Å². The molecule has 0 saturated heterocycles. The quantitative estimate of drug-likeness (QED) is 0.322. The van der Waals surface area contributed by atoms with Crippen molar-refractivity contribution in [3.05, 3.63) is 77.9 Å². The van der Waals surface area contributed by atoms with Gasteiger partial charge in [-0.25, -0.2) is 4.98 Å².